The van der Waals surface area contributed by atoms with Gasteiger partial charge in [-0.25, -0.2) is 0 Å². The van der Waals surface area contributed by atoms with Crippen molar-refractivity contribution in [2.45, 2.75) is 19.5 Å². The van der Waals surface area contributed by atoms with Gasteiger partial charge >= 0.3 is 0 Å². The predicted molar refractivity (Wildman–Crippen MR) is 82.0 cm³/mol. The molecule has 0 saturated heterocycles. The van der Waals surface area contributed by atoms with E-state index in [1.54, 1.807) is 7.11 Å². The van der Waals surface area contributed by atoms with Crippen molar-refractivity contribution in [1.29, 1.82) is 0 Å². The summed E-state index contributed by atoms with van der Waals surface area (Å²) in [6, 6.07) is 8.05. The molecule has 20 heavy (non-hydrogen) atoms. The highest BCUT2D eigenvalue weighted by molar-refractivity contribution is 5.81. The molecule has 5 heteroatoms. The Hall–Kier alpha value is -1.59. The first kappa shape index (κ1) is 16.5. The summed E-state index contributed by atoms with van der Waals surface area (Å²) in [5.41, 5.74) is 2.33. The minimum absolute atomic E-state index is 0.00744. The minimum Gasteiger partial charge on any atom is -0.383 e. The van der Waals surface area contributed by atoms with Gasteiger partial charge in [-0.3, -0.25) is 4.79 Å². The largest absolute Gasteiger partial charge is 0.383 e. The van der Waals surface area contributed by atoms with Gasteiger partial charge in [0.15, 0.2) is 0 Å². The van der Waals surface area contributed by atoms with E-state index in [-0.39, 0.29) is 11.9 Å². The fourth-order valence-electron chi connectivity index (χ4n) is 1.70. The second-order valence-electron chi connectivity index (χ2n) is 4.95. The third-order valence-electron chi connectivity index (χ3n) is 3.06. The van der Waals surface area contributed by atoms with Crippen LogP contribution in [0.4, 0.5) is 5.69 Å². The van der Waals surface area contributed by atoms with Crippen molar-refractivity contribution >= 4 is 11.6 Å². The molecular formula is C15H25N3O2. The molecule has 1 rings (SSSR count). The molecule has 0 aliphatic carbocycles. The first-order chi connectivity index (χ1) is 9.54. The maximum Gasteiger partial charge on any atom is 0.236 e. The highest BCUT2D eigenvalue weighted by atomic mass is 16.5. The summed E-state index contributed by atoms with van der Waals surface area (Å²) in [6.45, 7) is 3.60. The van der Waals surface area contributed by atoms with Crippen LogP contribution in [0, 0.1) is 0 Å². The Morgan fingerprint density at radius 1 is 1.30 bits per heavy atom. The summed E-state index contributed by atoms with van der Waals surface area (Å²) < 4.78 is 4.89. The lowest BCUT2D eigenvalue weighted by molar-refractivity contribution is -0.122. The Kier molecular flexibility index (Phi) is 7.04. The molecule has 5 nitrogen and oxygen atoms in total. The molecule has 1 aromatic carbocycles. The maximum absolute atomic E-state index is 11.7. The van der Waals surface area contributed by atoms with Crippen LogP contribution in [-0.2, 0) is 16.1 Å². The molecule has 0 aliphatic rings. The highest BCUT2D eigenvalue weighted by Gasteiger charge is 2.11. The van der Waals surface area contributed by atoms with Crippen molar-refractivity contribution < 1.29 is 9.53 Å². The van der Waals surface area contributed by atoms with Gasteiger partial charge in [-0.2, -0.15) is 0 Å². The molecule has 0 heterocycles. The van der Waals surface area contributed by atoms with Crippen LogP contribution in [0.5, 0.6) is 0 Å². The van der Waals surface area contributed by atoms with Gasteiger partial charge in [0.05, 0.1) is 12.6 Å². The molecule has 0 fully saturated rings. The zero-order valence-electron chi connectivity index (χ0n) is 12.8. The number of rotatable bonds is 8. The summed E-state index contributed by atoms with van der Waals surface area (Å²) in [6.07, 6.45) is 0. The highest BCUT2D eigenvalue weighted by Crippen LogP contribution is 2.12. The van der Waals surface area contributed by atoms with E-state index < -0.39 is 0 Å². The number of hydrogen-bond acceptors (Lipinski definition) is 4. The lowest BCUT2D eigenvalue weighted by Gasteiger charge is -2.15. The predicted octanol–water partition coefficient (Wildman–Crippen LogP) is 0.993. The molecular weight excluding hydrogens is 254 g/mol. The molecule has 1 amide bonds. The van der Waals surface area contributed by atoms with Crippen LogP contribution in [0.25, 0.3) is 0 Å². The number of methoxy groups -OCH3 is 1. The molecule has 0 saturated carbocycles. The van der Waals surface area contributed by atoms with Crippen LogP contribution in [-0.4, -0.2) is 46.3 Å². The van der Waals surface area contributed by atoms with E-state index in [4.69, 9.17) is 4.74 Å². The minimum atomic E-state index is -0.222. The zero-order valence-corrected chi connectivity index (χ0v) is 12.8. The van der Waals surface area contributed by atoms with Gasteiger partial charge in [0.1, 0.15) is 0 Å². The first-order valence-corrected chi connectivity index (χ1v) is 6.81. The molecule has 1 atom stereocenters. The van der Waals surface area contributed by atoms with Gasteiger partial charge in [-0.05, 0) is 24.6 Å². The van der Waals surface area contributed by atoms with E-state index in [0.29, 0.717) is 19.7 Å². The first-order valence-electron chi connectivity index (χ1n) is 6.81. The number of nitrogens with zero attached hydrogens (tertiary/aromatic N) is 1. The molecule has 1 unspecified atom stereocenters. The Morgan fingerprint density at radius 2 is 1.95 bits per heavy atom. The van der Waals surface area contributed by atoms with Crippen molar-refractivity contribution in [2.75, 3.05) is 39.3 Å². The summed E-state index contributed by atoms with van der Waals surface area (Å²) in [4.78, 5) is 13.8. The molecule has 0 aromatic heterocycles. The van der Waals surface area contributed by atoms with Gasteiger partial charge in [0, 0.05) is 40.0 Å². The summed E-state index contributed by atoms with van der Waals surface area (Å²) in [5.74, 6) is -0.00744. The number of benzene rings is 1. The fraction of sp³-hybridized carbons (Fsp3) is 0.533. The number of nitrogens with one attached hydrogen (secondary N) is 2. The standard InChI is InChI=1S/C15H25N3O2/c1-12(15(19)16-9-10-20-4)17-11-13-5-7-14(8-6-13)18(2)3/h5-8,12,17H,9-11H2,1-4H3,(H,16,19). The van der Waals surface area contributed by atoms with E-state index in [2.05, 4.69) is 39.8 Å². The van der Waals surface area contributed by atoms with Gasteiger partial charge in [-0.15, -0.1) is 0 Å². The van der Waals surface area contributed by atoms with Crippen molar-refractivity contribution in [2.24, 2.45) is 0 Å². The van der Waals surface area contributed by atoms with E-state index in [1.165, 1.54) is 5.69 Å². The Balaban J connectivity index is 2.36. The van der Waals surface area contributed by atoms with Crippen LogP contribution < -0.4 is 15.5 Å². The second-order valence-corrected chi connectivity index (χ2v) is 4.95. The number of anilines is 1. The molecule has 0 radical (unpaired) electrons. The number of amides is 1. The Morgan fingerprint density at radius 3 is 2.50 bits per heavy atom. The van der Waals surface area contributed by atoms with Gasteiger partial charge < -0.3 is 20.3 Å². The molecule has 112 valence electrons. The van der Waals surface area contributed by atoms with Crippen LogP contribution in [0.15, 0.2) is 24.3 Å². The number of ether oxygens (including phenoxy) is 1. The molecule has 0 aliphatic heterocycles. The normalized spacial score (nSPS) is 12.0. The zero-order chi connectivity index (χ0) is 15.0. The Labute approximate surface area is 121 Å². The van der Waals surface area contributed by atoms with Gasteiger partial charge in [-0.1, -0.05) is 12.1 Å². The van der Waals surface area contributed by atoms with Crippen molar-refractivity contribution in [1.82, 2.24) is 10.6 Å². The lowest BCUT2D eigenvalue weighted by Crippen LogP contribution is -2.42. The molecule has 0 spiro atoms. The second kappa shape index (κ2) is 8.55. The van der Waals surface area contributed by atoms with E-state index in [0.717, 1.165) is 5.56 Å². The third-order valence-corrected chi connectivity index (χ3v) is 3.06. The maximum atomic E-state index is 11.7. The number of hydrogen-bond donors (Lipinski definition) is 2. The third kappa shape index (κ3) is 5.59. The van der Waals surface area contributed by atoms with Gasteiger partial charge in [0.25, 0.3) is 0 Å². The van der Waals surface area contributed by atoms with E-state index in [9.17, 15) is 4.79 Å². The summed E-state index contributed by atoms with van der Waals surface area (Å²) >= 11 is 0. The van der Waals surface area contributed by atoms with Crippen LogP contribution in [0.2, 0.25) is 0 Å². The van der Waals surface area contributed by atoms with Crippen LogP contribution in [0.3, 0.4) is 0 Å². The molecule has 0 bridgehead atoms. The van der Waals surface area contributed by atoms with Crippen molar-refractivity contribution in [3.05, 3.63) is 29.8 Å². The van der Waals surface area contributed by atoms with Crippen LogP contribution >= 0.6 is 0 Å². The smallest absolute Gasteiger partial charge is 0.236 e. The summed E-state index contributed by atoms with van der Waals surface area (Å²) in [7, 11) is 5.64. The fourth-order valence-corrected chi connectivity index (χ4v) is 1.70. The lowest BCUT2D eigenvalue weighted by atomic mass is 10.2. The quantitative estimate of drug-likeness (QED) is 0.697. The van der Waals surface area contributed by atoms with Crippen molar-refractivity contribution in [3.63, 3.8) is 0 Å². The average Bonchev–Trinajstić information content (AvgIpc) is 2.45. The monoisotopic (exact) mass is 279 g/mol. The number of carbonyl (C=O) groups excluding carboxylic acids is 1. The van der Waals surface area contributed by atoms with Gasteiger partial charge in [0.2, 0.25) is 5.91 Å². The molecule has 1 aromatic rings. The SMILES string of the molecule is COCCNC(=O)C(C)NCc1ccc(N(C)C)cc1. The Bertz CT molecular complexity index is 404. The van der Waals surface area contributed by atoms with E-state index in [1.807, 2.05) is 21.0 Å². The number of carbonyl (C=O) groups is 1. The van der Waals surface area contributed by atoms with Crippen molar-refractivity contribution in [3.8, 4) is 0 Å². The van der Waals surface area contributed by atoms with Crippen LogP contribution in [0.1, 0.15) is 12.5 Å². The van der Waals surface area contributed by atoms with E-state index >= 15 is 0 Å². The topological polar surface area (TPSA) is 53.6 Å². The average molecular weight is 279 g/mol. The molecule has 2 N–H and O–H groups in total. The summed E-state index contributed by atoms with van der Waals surface area (Å²) in [5, 5.41) is 6.02.